The van der Waals surface area contributed by atoms with Crippen LogP contribution in [0.3, 0.4) is 0 Å². The molecule has 1 aliphatic carbocycles. The fraction of sp³-hybridized carbons (Fsp3) is 0.600. The van der Waals surface area contributed by atoms with E-state index in [4.69, 9.17) is 5.73 Å². The van der Waals surface area contributed by atoms with Gasteiger partial charge in [0.2, 0.25) is 0 Å². The van der Waals surface area contributed by atoms with Gasteiger partial charge in [-0.3, -0.25) is 0 Å². The number of hydrogen-bond donors (Lipinski definition) is 1. The van der Waals surface area contributed by atoms with E-state index >= 15 is 0 Å². The molecule has 17 heavy (non-hydrogen) atoms. The minimum absolute atomic E-state index is 0.0353. The SMILES string of the molecule is Cc1cc(F)ccc1C(N)C1CCCC1(C)C. The topological polar surface area (TPSA) is 26.0 Å². The molecule has 1 aromatic rings. The van der Waals surface area contributed by atoms with Crippen LogP contribution in [0.5, 0.6) is 0 Å². The minimum Gasteiger partial charge on any atom is -0.324 e. The molecule has 0 bridgehead atoms. The lowest BCUT2D eigenvalue weighted by Crippen LogP contribution is -2.30. The predicted molar refractivity (Wildman–Crippen MR) is 69.2 cm³/mol. The smallest absolute Gasteiger partial charge is 0.123 e. The zero-order chi connectivity index (χ0) is 12.6. The fourth-order valence-corrected chi connectivity index (χ4v) is 3.25. The van der Waals surface area contributed by atoms with Crippen molar-refractivity contribution < 1.29 is 4.39 Å². The first-order valence-corrected chi connectivity index (χ1v) is 6.43. The van der Waals surface area contributed by atoms with Crippen LogP contribution >= 0.6 is 0 Å². The van der Waals surface area contributed by atoms with E-state index in [1.54, 1.807) is 6.07 Å². The lowest BCUT2D eigenvalue weighted by molar-refractivity contribution is 0.221. The Labute approximate surface area is 103 Å². The molecule has 0 radical (unpaired) electrons. The Morgan fingerprint density at radius 3 is 2.65 bits per heavy atom. The molecule has 1 nitrogen and oxygen atoms in total. The molecule has 2 heteroatoms. The fourth-order valence-electron chi connectivity index (χ4n) is 3.25. The van der Waals surface area contributed by atoms with Crippen molar-refractivity contribution in [1.29, 1.82) is 0 Å². The molecule has 1 aromatic carbocycles. The Bertz CT molecular complexity index is 411. The molecule has 2 N–H and O–H groups in total. The van der Waals surface area contributed by atoms with Crippen LogP contribution in [0.4, 0.5) is 4.39 Å². The molecular formula is C15H22FN. The van der Waals surface area contributed by atoms with Crippen LogP contribution in [-0.4, -0.2) is 0 Å². The van der Waals surface area contributed by atoms with Gasteiger partial charge in [0.25, 0.3) is 0 Å². The third kappa shape index (κ3) is 2.37. The molecule has 0 spiro atoms. The van der Waals surface area contributed by atoms with Gasteiger partial charge < -0.3 is 5.73 Å². The molecule has 0 heterocycles. The van der Waals surface area contributed by atoms with E-state index in [-0.39, 0.29) is 11.9 Å². The van der Waals surface area contributed by atoms with Gasteiger partial charge in [-0.1, -0.05) is 26.3 Å². The molecule has 2 atom stereocenters. The molecular weight excluding hydrogens is 213 g/mol. The standard InChI is InChI=1S/C15H22FN/c1-10-9-11(16)6-7-12(10)14(17)13-5-4-8-15(13,2)3/h6-7,9,13-14H,4-5,8,17H2,1-3H3. The van der Waals surface area contributed by atoms with Gasteiger partial charge in [0.1, 0.15) is 5.82 Å². The molecule has 2 unspecified atom stereocenters. The van der Waals surface area contributed by atoms with Gasteiger partial charge in [0.05, 0.1) is 0 Å². The van der Waals surface area contributed by atoms with E-state index in [9.17, 15) is 4.39 Å². The van der Waals surface area contributed by atoms with Crippen molar-refractivity contribution in [2.24, 2.45) is 17.1 Å². The Morgan fingerprint density at radius 2 is 2.12 bits per heavy atom. The van der Waals surface area contributed by atoms with Gasteiger partial charge in [-0.15, -0.1) is 0 Å². The summed E-state index contributed by atoms with van der Waals surface area (Å²) in [5.74, 6) is 0.329. The first-order valence-electron chi connectivity index (χ1n) is 6.43. The Morgan fingerprint density at radius 1 is 1.41 bits per heavy atom. The summed E-state index contributed by atoms with van der Waals surface area (Å²) in [6.45, 7) is 6.53. The molecule has 0 aliphatic heterocycles. The third-order valence-electron chi connectivity index (χ3n) is 4.36. The van der Waals surface area contributed by atoms with Crippen molar-refractivity contribution in [2.45, 2.75) is 46.1 Å². The van der Waals surface area contributed by atoms with Crippen molar-refractivity contribution in [1.82, 2.24) is 0 Å². The van der Waals surface area contributed by atoms with E-state index in [1.807, 2.05) is 13.0 Å². The number of halogens is 1. The van der Waals surface area contributed by atoms with Gasteiger partial charge in [0, 0.05) is 6.04 Å². The monoisotopic (exact) mass is 235 g/mol. The molecule has 2 rings (SSSR count). The molecule has 0 aromatic heterocycles. The lowest BCUT2D eigenvalue weighted by atomic mass is 9.75. The number of aryl methyl sites for hydroxylation is 1. The van der Waals surface area contributed by atoms with Crippen LogP contribution in [0.1, 0.15) is 50.3 Å². The van der Waals surface area contributed by atoms with Crippen LogP contribution in [-0.2, 0) is 0 Å². The van der Waals surface area contributed by atoms with E-state index in [2.05, 4.69) is 13.8 Å². The summed E-state index contributed by atoms with van der Waals surface area (Å²) in [7, 11) is 0. The van der Waals surface area contributed by atoms with Gasteiger partial charge >= 0.3 is 0 Å². The normalized spacial score (nSPS) is 24.9. The van der Waals surface area contributed by atoms with Crippen molar-refractivity contribution in [2.75, 3.05) is 0 Å². The molecule has 1 fully saturated rings. The highest BCUT2D eigenvalue weighted by atomic mass is 19.1. The number of hydrogen-bond acceptors (Lipinski definition) is 1. The Balaban J connectivity index is 2.28. The minimum atomic E-state index is -0.177. The van der Waals surface area contributed by atoms with Crippen LogP contribution < -0.4 is 5.73 Å². The van der Waals surface area contributed by atoms with E-state index in [0.29, 0.717) is 11.3 Å². The maximum absolute atomic E-state index is 13.1. The highest BCUT2D eigenvalue weighted by Gasteiger charge is 2.38. The van der Waals surface area contributed by atoms with Gasteiger partial charge in [-0.25, -0.2) is 4.39 Å². The summed E-state index contributed by atoms with van der Waals surface area (Å²) in [5.41, 5.74) is 8.79. The maximum atomic E-state index is 13.1. The summed E-state index contributed by atoms with van der Waals surface area (Å²) in [6.07, 6.45) is 3.68. The summed E-state index contributed by atoms with van der Waals surface area (Å²) in [5, 5.41) is 0. The Hall–Kier alpha value is -0.890. The van der Waals surface area contributed by atoms with Crippen molar-refractivity contribution >= 4 is 0 Å². The number of benzene rings is 1. The predicted octanol–water partition coefficient (Wildman–Crippen LogP) is 3.96. The first-order chi connectivity index (χ1) is 7.92. The largest absolute Gasteiger partial charge is 0.324 e. The molecule has 0 amide bonds. The van der Waals surface area contributed by atoms with Gasteiger partial charge in [-0.05, 0) is 54.4 Å². The average Bonchev–Trinajstić information content (AvgIpc) is 2.57. The van der Waals surface area contributed by atoms with Crippen molar-refractivity contribution in [3.05, 3.63) is 35.1 Å². The zero-order valence-electron chi connectivity index (χ0n) is 11.0. The highest BCUT2D eigenvalue weighted by molar-refractivity contribution is 5.30. The quantitative estimate of drug-likeness (QED) is 0.825. The van der Waals surface area contributed by atoms with E-state index < -0.39 is 0 Å². The first kappa shape index (κ1) is 12.6. The summed E-state index contributed by atoms with van der Waals surface area (Å²) in [4.78, 5) is 0. The van der Waals surface area contributed by atoms with Crippen molar-refractivity contribution in [3.8, 4) is 0 Å². The Kier molecular flexibility index (Phi) is 3.26. The van der Waals surface area contributed by atoms with E-state index in [1.165, 1.54) is 25.3 Å². The average molecular weight is 235 g/mol. The number of rotatable bonds is 2. The van der Waals surface area contributed by atoms with Crippen molar-refractivity contribution in [3.63, 3.8) is 0 Å². The molecule has 0 saturated heterocycles. The third-order valence-corrected chi connectivity index (χ3v) is 4.36. The van der Waals surface area contributed by atoms with Crippen LogP contribution in [0.25, 0.3) is 0 Å². The van der Waals surface area contributed by atoms with Crippen LogP contribution in [0, 0.1) is 24.1 Å². The van der Waals surface area contributed by atoms with Gasteiger partial charge in [-0.2, -0.15) is 0 Å². The van der Waals surface area contributed by atoms with Crippen LogP contribution in [0.15, 0.2) is 18.2 Å². The number of nitrogens with two attached hydrogens (primary N) is 1. The summed E-state index contributed by atoms with van der Waals surface area (Å²) < 4.78 is 13.1. The second kappa shape index (κ2) is 4.41. The second-order valence-corrected chi connectivity index (χ2v) is 6.01. The molecule has 1 saturated carbocycles. The highest BCUT2D eigenvalue weighted by Crippen LogP contribution is 2.48. The van der Waals surface area contributed by atoms with Crippen LogP contribution in [0.2, 0.25) is 0 Å². The van der Waals surface area contributed by atoms with E-state index in [0.717, 1.165) is 11.1 Å². The second-order valence-electron chi connectivity index (χ2n) is 6.01. The van der Waals surface area contributed by atoms with Gasteiger partial charge in [0.15, 0.2) is 0 Å². The molecule has 94 valence electrons. The lowest BCUT2D eigenvalue weighted by Gasteiger charge is -2.33. The summed E-state index contributed by atoms with van der Waals surface area (Å²) in [6, 6.07) is 4.98. The zero-order valence-corrected chi connectivity index (χ0v) is 11.0. The summed E-state index contributed by atoms with van der Waals surface area (Å²) >= 11 is 0. The maximum Gasteiger partial charge on any atom is 0.123 e. The molecule has 1 aliphatic rings.